The number of carbonyl (C=O) groups excluding carboxylic acids is 1. The number of alkyl halides is 2. The second-order valence-corrected chi connectivity index (χ2v) is 22.9. The van der Waals surface area contributed by atoms with Crippen LogP contribution in [0, 0.1) is 11.6 Å². The van der Waals surface area contributed by atoms with Crippen LogP contribution in [0.2, 0.25) is 0 Å². The van der Waals surface area contributed by atoms with Gasteiger partial charge in [0.2, 0.25) is 34.1 Å². The topological polar surface area (TPSA) is 245 Å². The number of aliphatic carboxylic acids is 1. The molecule has 2 atom stereocenters. The molecule has 0 saturated carbocycles. The highest BCUT2D eigenvalue weighted by Crippen LogP contribution is 2.40. The zero-order valence-corrected chi connectivity index (χ0v) is 43.4. The summed E-state index contributed by atoms with van der Waals surface area (Å²) in [6.07, 6.45) is -1.84. The molecule has 6 aromatic rings. The average Bonchev–Trinajstić information content (AvgIpc) is 4.02. The number of pyridine rings is 2. The number of aromatic nitrogens is 2. The van der Waals surface area contributed by atoms with Crippen molar-refractivity contribution in [3.63, 3.8) is 0 Å². The minimum absolute atomic E-state index is 0.0397. The van der Waals surface area contributed by atoms with Crippen molar-refractivity contribution in [1.29, 1.82) is 0 Å². The number of amides is 1. The predicted octanol–water partition coefficient (Wildman–Crippen LogP) is 9.56. The summed E-state index contributed by atoms with van der Waals surface area (Å²) in [6.45, 7) is 13.1. The highest BCUT2D eigenvalue weighted by Gasteiger charge is 2.33. The lowest BCUT2D eigenvalue weighted by molar-refractivity contribution is -0.143. The Morgan fingerprint density at radius 1 is 0.676 bits per heavy atom. The van der Waals surface area contributed by atoms with Crippen LogP contribution in [0.1, 0.15) is 113 Å². The number of aliphatic hydroxyl groups is 2. The number of carbonyl (C=O) groups is 2. The standard InChI is InChI=1S/C24H26F2N2O5S2.C17H17F2NO3.C7H11NO3S2/c1-13(2)17-10-16(25)11-18(14-6-7-27-19(8-14)33-5)21(17)22(26)23(29)28-35(31,32)20-9-15(12-34-20)24(3,4)30;1-9(2)12-7-11(18)8-13(15(12)16(19)17(21)22)10-4-5-20-14(6-10)23-3;1-7(2,9)5-3-6(12-4-5)13(8,10)11/h6-13,22,30H,1-5H3,(H,28,29);4-9,16H,1-3H3,(H,21,22);3-4,9H,1-2H3,(H2,8,10,11). The van der Waals surface area contributed by atoms with Gasteiger partial charge in [0.05, 0.1) is 25.4 Å². The maximum Gasteiger partial charge on any atom is 0.343 e. The van der Waals surface area contributed by atoms with Crippen LogP contribution in [-0.2, 0) is 40.8 Å². The van der Waals surface area contributed by atoms with Crippen molar-refractivity contribution in [2.45, 2.75) is 99.2 Å². The van der Waals surface area contributed by atoms with Gasteiger partial charge in [0.25, 0.3) is 15.9 Å². The molecule has 0 saturated heterocycles. The lowest BCUT2D eigenvalue weighted by Gasteiger charge is -2.21. The van der Waals surface area contributed by atoms with E-state index in [2.05, 4.69) is 9.97 Å². The summed E-state index contributed by atoms with van der Waals surface area (Å²) in [5, 5.41) is 36.6. The maximum absolute atomic E-state index is 15.8. The van der Waals surface area contributed by atoms with Crippen LogP contribution < -0.4 is 19.3 Å². The van der Waals surface area contributed by atoms with Gasteiger partial charge in [-0.05, 0) is 143 Å². The fourth-order valence-corrected chi connectivity index (χ4v) is 10.8. The third-order valence-electron chi connectivity index (χ3n) is 10.4. The fraction of sp³-hybridized carbons (Fsp3) is 0.333. The van der Waals surface area contributed by atoms with Crippen LogP contribution in [-0.4, -0.2) is 68.2 Å². The van der Waals surface area contributed by atoms with Gasteiger partial charge in [-0.3, -0.25) is 4.79 Å². The van der Waals surface area contributed by atoms with Gasteiger partial charge >= 0.3 is 5.97 Å². The number of ether oxygens (including phenoxy) is 2. The van der Waals surface area contributed by atoms with Crippen molar-refractivity contribution in [3.05, 3.63) is 129 Å². The van der Waals surface area contributed by atoms with E-state index in [-0.39, 0.29) is 59.8 Å². The zero-order chi connectivity index (χ0) is 53.6. The third-order valence-corrected chi connectivity index (χ3v) is 15.6. The number of nitrogens with one attached hydrogen (secondary N) is 1. The van der Waals surface area contributed by atoms with Gasteiger partial charge in [-0.1, -0.05) is 27.7 Å². The number of halogens is 4. The monoisotopic (exact) mass is 1070 g/mol. The Labute approximate surface area is 417 Å². The van der Waals surface area contributed by atoms with Crippen LogP contribution >= 0.6 is 22.7 Å². The van der Waals surface area contributed by atoms with E-state index in [0.29, 0.717) is 27.8 Å². The van der Waals surface area contributed by atoms with E-state index >= 15 is 4.39 Å². The Morgan fingerprint density at radius 2 is 1.07 bits per heavy atom. The number of hydrogen-bond acceptors (Lipinski definition) is 14. The number of primary sulfonamides is 1. The maximum atomic E-state index is 15.8. The summed E-state index contributed by atoms with van der Waals surface area (Å²) in [4.78, 5) is 32.0. The van der Waals surface area contributed by atoms with E-state index in [1.807, 2.05) is 0 Å². The predicted molar refractivity (Wildman–Crippen MR) is 262 cm³/mol. The first-order valence-electron chi connectivity index (χ1n) is 21.2. The van der Waals surface area contributed by atoms with Gasteiger partial charge < -0.3 is 24.8 Å². The first-order chi connectivity index (χ1) is 32.8. The van der Waals surface area contributed by atoms with Crippen LogP contribution in [0.3, 0.4) is 0 Å². The largest absolute Gasteiger partial charge is 0.481 e. The molecule has 1 amide bonds. The molecular weight excluding hydrogens is 1010 g/mol. The van der Waals surface area contributed by atoms with Crippen molar-refractivity contribution >= 4 is 54.6 Å². The molecule has 2 aromatic carbocycles. The molecule has 23 heteroatoms. The van der Waals surface area contributed by atoms with Crippen molar-refractivity contribution in [1.82, 2.24) is 14.7 Å². The number of nitrogens with two attached hydrogens (primary N) is 1. The summed E-state index contributed by atoms with van der Waals surface area (Å²) < 4.78 is 118. The first-order valence-corrected chi connectivity index (χ1v) is 26.0. The minimum atomic E-state index is -4.42. The highest BCUT2D eigenvalue weighted by molar-refractivity contribution is 7.92. The normalized spacial score (nSPS) is 12.8. The van der Waals surface area contributed by atoms with E-state index in [9.17, 15) is 49.8 Å². The lowest BCUT2D eigenvalue weighted by Crippen LogP contribution is -2.33. The molecular formula is C48H54F4N4O11S4. The van der Waals surface area contributed by atoms with Gasteiger partial charge in [-0.2, -0.15) is 0 Å². The van der Waals surface area contributed by atoms with Crippen molar-refractivity contribution < 1.29 is 68.8 Å². The van der Waals surface area contributed by atoms with Crippen LogP contribution in [0.5, 0.6) is 11.8 Å². The van der Waals surface area contributed by atoms with Crippen molar-refractivity contribution in [3.8, 4) is 34.0 Å². The quantitative estimate of drug-likeness (QED) is 0.0602. The smallest absolute Gasteiger partial charge is 0.343 e. The molecule has 15 nitrogen and oxygen atoms in total. The summed E-state index contributed by atoms with van der Waals surface area (Å²) >= 11 is 1.80. The van der Waals surface area contributed by atoms with Gasteiger partial charge in [-0.25, -0.2) is 59.0 Å². The number of sulfonamides is 2. The Hall–Kier alpha value is -5.82. The number of benzene rings is 2. The SMILES string of the molecule is CC(C)(O)c1csc(S(N)(=O)=O)c1.COc1cc(-c2cc(F)cc(C(C)C)c2C(F)C(=O)NS(=O)(=O)c2cc(C(C)(C)O)cs2)ccn1.COc1cc(-c2cc(F)cc(C(C)C)c2C(F)C(=O)O)ccn1. The van der Waals surface area contributed by atoms with E-state index < -0.39 is 67.1 Å². The molecule has 4 heterocycles. The highest BCUT2D eigenvalue weighted by atomic mass is 32.3. The summed E-state index contributed by atoms with van der Waals surface area (Å²) in [5.74, 6) is -4.36. The first kappa shape index (κ1) is 57.8. The van der Waals surface area contributed by atoms with Gasteiger partial charge in [0.15, 0.2) is 0 Å². The van der Waals surface area contributed by atoms with E-state index in [4.69, 9.17) is 19.7 Å². The molecule has 0 bridgehead atoms. The number of carboxylic acid groups (broad SMARTS) is 1. The lowest BCUT2D eigenvalue weighted by atomic mass is 9.87. The summed E-state index contributed by atoms with van der Waals surface area (Å²) in [5.41, 5.74) is -0.0223. The molecule has 6 N–H and O–H groups in total. The summed E-state index contributed by atoms with van der Waals surface area (Å²) in [7, 11) is -5.24. The number of rotatable bonds is 15. The van der Waals surface area contributed by atoms with Crippen molar-refractivity contribution in [2.75, 3.05) is 14.2 Å². The molecule has 0 aliphatic rings. The Kier molecular flexibility index (Phi) is 18.8. The van der Waals surface area contributed by atoms with Gasteiger partial charge in [0, 0.05) is 35.7 Å². The fourth-order valence-electron chi connectivity index (χ4n) is 6.71. The molecule has 2 unspecified atom stereocenters. The molecule has 6 rings (SSSR count). The van der Waals surface area contributed by atoms with E-state index in [1.54, 1.807) is 57.7 Å². The molecule has 4 aromatic heterocycles. The summed E-state index contributed by atoms with van der Waals surface area (Å²) in [6, 6.07) is 13.2. The minimum Gasteiger partial charge on any atom is -0.481 e. The molecule has 0 spiro atoms. The number of methoxy groups -OCH3 is 2. The van der Waals surface area contributed by atoms with E-state index in [0.717, 1.165) is 40.9 Å². The molecule has 0 fully saturated rings. The third kappa shape index (κ3) is 14.9. The number of nitrogens with zero attached hydrogens (tertiary/aromatic N) is 2. The van der Waals surface area contributed by atoms with Crippen molar-refractivity contribution in [2.24, 2.45) is 5.14 Å². The van der Waals surface area contributed by atoms with Crippen LogP contribution in [0.25, 0.3) is 22.3 Å². The van der Waals surface area contributed by atoms with Crippen LogP contribution in [0.4, 0.5) is 17.6 Å². The van der Waals surface area contributed by atoms with Gasteiger partial charge in [0.1, 0.15) is 20.1 Å². The molecule has 384 valence electrons. The average molecular weight is 1070 g/mol. The second kappa shape index (κ2) is 23.2. The Morgan fingerprint density at radius 3 is 1.41 bits per heavy atom. The second-order valence-electron chi connectivity index (χ2n) is 17.4. The number of hydrogen-bond donors (Lipinski definition) is 5. The number of carboxylic acids is 1. The molecule has 71 heavy (non-hydrogen) atoms. The molecule has 0 radical (unpaired) electrons. The number of thiophene rings is 2. The van der Waals surface area contributed by atoms with Gasteiger partial charge in [-0.15, -0.1) is 22.7 Å². The molecule has 0 aliphatic heterocycles. The Bertz CT molecular complexity index is 3100. The van der Waals surface area contributed by atoms with Crippen LogP contribution in [0.15, 0.2) is 92.2 Å². The zero-order valence-electron chi connectivity index (χ0n) is 40.1. The Balaban J connectivity index is 0.000000259. The van der Waals surface area contributed by atoms with E-state index in [1.165, 1.54) is 82.2 Å². The molecule has 0 aliphatic carbocycles.